The maximum absolute atomic E-state index is 11.0. The van der Waals surface area contributed by atoms with E-state index >= 15 is 0 Å². The standard InChI is InChI=1S/C13H19NO3/c1-9(2)10-5-3-4-6-11(10)17-12(7-8-14)13(15)16/h3-6,9,12H,7-8,14H2,1-2H3,(H,15,16). The number of carboxylic acid groups (broad SMARTS) is 1. The monoisotopic (exact) mass is 237 g/mol. The normalized spacial score (nSPS) is 12.5. The molecule has 94 valence electrons. The summed E-state index contributed by atoms with van der Waals surface area (Å²) in [4.78, 5) is 11.0. The smallest absolute Gasteiger partial charge is 0.344 e. The molecule has 0 spiro atoms. The number of benzene rings is 1. The lowest BCUT2D eigenvalue weighted by Crippen LogP contribution is -2.30. The minimum absolute atomic E-state index is 0.290. The fourth-order valence-electron chi connectivity index (χ4n) is 1.60. The summed E-state index contributed by atoms with van der Waals surface area (Å²) in [6, 6.07) is 7.49. The lowest BCUT2D eigenvalue weighted by molar-refractivity contribution is -0.145. The first-order valence-electron chi connectivity index (χ1n) is 5.74. The third-order valence-electron chi connectivity index (χ3n) is 2.51. The topological polar surface area (TPSA) is 72.5 Å². The zero-order valence-electron chi connectivity index (χ0n) is 10.2. The Morgan fingerprint density at radius 1 is 1.41 bits per heavy atom. The SMILES string of the molecule is CC(C)c1ccccc1OC(CCN)C(=O)O. The molecule has 1 atom stereocenters. The molecule has 0 saturated heterocycles. The Balaban J connectivity index is 2.88. The van der Waals surface area contributed by atoms with E-state index in [2.05, 4.69) is 0 Å². The third kappa shape index (κ3) is 3.75. The summed E-state index contributed by atoms with van der Waals surface area (Å²) in [6.45, 7) is 4.38. The van der Waals surface area contributed by atoms with Gasteiger partial charge in [0.1, 0.15) is 5.75 Å². The van der Waals surface area contributed by atoms with Crippen molar-refractivity contribution in [3.05, 3.63) is 29.8 Å². The number of nitrogens with two attached hydrogens (primary N) is 1. The van der Waals surface area contributed by atoms with E-state index in [9.17, 15) is 4.79 Å². The van der Waals surface area contributed by atoms with E-state index < -0.39 is 12.1 Å². The molecular weight excluding hydrogens is 218 g/mol. The predicted octanol–water partition coefficient (Wildman–Crippen LogP) is 1.99. The van der Waals surface area contributed by atoms with Gasteiger partial charge in [-0.25, -0.2) is 4.79 Å². The number of hydrogen-bond acceptors (Lipinski definition) is 3. The third-order valence-corrected chi connectivity index (χ3v) is 2.51. The van der Waals surface area contributed by atoms with Gasteiger partial charge >= 0.3 is 5.97 Å². The largest absolute Gasteiger partial charge is 0.479 e. The molecule has 1 unspecified atom stereocenters. The molecule has 0 aliphatic heterocycles. The molecule has 0 radical (unpaired) electrons. The van der Waals surface area contributed by atoms with Crippen molar-refractivity contribution < 1.29 is 14.6 Å². The summed E-state index contributed by atoms with van der Waals surface area (Å²) in [5.74, 6) is -0.0594. The molecular formula is C13H19NO3. The summed E-state index contributed by atoms with van der Waals surface area (Å²) in [6.07, 6.45) is -0.568. The van der Waals surface area contributed by atoms with E-state index in [1.807, 2.05) is 32.0 Å². The van der Waals surface area contributed by atoms with Gasteiger partial charge in [-0.2, -0.15) is 0 Å². The molecule has 0 aliphatic rings. The zero-order chi connectivity index (χ0) is 12.8. The minimum atomic E-state index is -0.978. The Labute approximate surface area is 101 Å². The summed E-state index contributed by atoms with van der Waals surface area (Å²) >= 11 is 0. The van der Waals surface area contributed by atoms with Crippen molar-refractivity contribution in [2.45, 2.75) is 32.3 Å². The quantitative estimate of drug-likeness (QED) is 0.793. The summed E-state index contributed by atoms with van der Waals surface area (Å²) < 4.78 is 5.53. The van der Waals surface area contributed by atoms with Crippen LogP contribution < -0.4 is 10.5 Å². The van der Waals surface area contributed by atoms with Gasteiger partial charge in [0, 0.05) is 6.42 Å². The number of aliphatic carboxylic acids is 1. The molecule has 0 saturated carbocycles. The number of ether oxygens (including phenoxy) is 1. The number of hydrogen-bond donors (Lipinski definition) is 2. The fraction of sp³-hybridized carbons (Fsp3) is 0.462. The maximum Gasteiger partial charge on any atom is 0.344 e. The molecule has 3 N–H and O–H groups in total. The molecule has 0 amide bonds. The van der Waals surface area contributed by atoms with Gasteiger partial charge in [-0.15, -0.1) is 0 Å². The Morgan fingerprint density at radius 2 is 2.06 bits per heavy atom. The van der Waals surface area contributed by atoms with Crippen LogP contribution in [0.15, 0.2) is 24.3 Å². The predicted molar refractivity (Wildman–Crippen MR) is 66.3 cm³/mol. The van der Waals surface area contributed by atoms with E-state index in [4.69, 9.17) is 15.6 Å². The molecule has 0 bridgehead atoms. The highest BCUT2D eigenvalue weighted by atomic mass is 16.5. The molecule has 0 fully saturated rings. The molecule has 17 heavy (non-hydrogen) atoms. The molecule has 1 aromatic rings. The van der Waals surface area contributed by atoms with Gasteiger partial charge in [-0.05, 0) is 24.1 Å². The van der Waals surface area contributed by atoms with E-state index in [0.717, 1.165) is 5.56 Å². The van der Waals surface area contributed by atoms with Crippen LogP contribution in [0.1, 0.15) is 31.7 Å². The van der Waals surface area contributed by atoms with E-state index in [1.54, 1.807) is 6.07 Å². The summed E-state index contributed by atoms with van der Waals surface area (Å²) in [7, 11) is 0. The number of rotatable bonds is 6. The number of carbonyl (C=O) groups is 1. The average Bonchev–Trinajstić information content (AvgIpc) is 2.28. The van der Waals surface area contributed by atoms with Crippen LogP contribution in [0.25, 0.3) is 0 Å². The Morgan fingerprint density at radius 3 is 2.59 bits per heavy atom. The maximum atomic E-state index is 11.0. The van der Waals surface area contributed by atoms with Crippen LogP contribution in [-0.2, 0) is 4.79 Å². The Kier molecular flexibility index (Phi) is 4.97. The van der Waals surface area contributed by atoms with Crippen LogP contribution in [0.5, 0.6) is 5.75 Å². The lowest BCUT2D eigenvalue weighted by atomic mass is 10.0. The van der Waals surface area contributed by atoms with Crippen molar-refractivity contribution in [1.82, 2.24) is 0 Å². The van der Waals surface area contributed by atoms with Gasteiger partial charge < -0.3 is 15.6 Å². The van der Waals surface area contributed by atoms with Crippen LogP contribution in [0.2, 0.25) is 0 Å². The Bertz CT molecular complexity index is 377. The summed E-state index contributed by atoms with van der Waals surface area (Å²) in [5.41, 5.74) is 6.39. The molecule has 0 aromatic heterocycles. The van der Waals surface area contributed by atoms with Crippen LogP contribution in [-0.4, -0.2) is 23.7 Å². The van der Waals surface area contributed by atoms with Gasteiger partial charge in [-0.3, -0.25) is 0 Å². The molecule has 0 aliphatic carbocycles. The van der Waals surface area contributed by atoms with Crippen LogP contribution in [0.4, 0.5) is 0 Å². The lowest BCUT2D eigenvalue weighted by Gasteiger charge is -2.18. The first-order chi connectivity index (χ1) is 8.06. The second-order valence-corrected chi connectivity index (χ2v) is 4.21. The van der Waals surface area contributed by atoms with Crippen molar-refractivity contribution in [2.75, 3.05) is 6.54 Å². The van der Waals surface area contributed by atoms with Crippen molar-refractivity contribution in [2.24, 2.45) is 5.73 Å². The number of carboxylic acids is 1. The molecule has 0 heterocycles. The van der Waals surface area contributed by atoms with E-state index in [1.165, 1.54) is 0 Å². The first kappa shape index (κ1) is 13.5. The van der Waals surface area contributed by atoms with Gasteiger partial charge in [0.25, 0.3) is 0 Å². The first-order valence-corrected chi connectivity index (χ1v) is 5.74. The highest BCUT2D eigenvalue weighted by Gasteiger charge is 2.20. The fourth-order valence-corrected chi connectivity index (χ4v) is 1.60. The molecule has 1 rings (SSSR count). The molecule has 1 aromatic carbocycles. The van der Waals surface area contributed by atoms with Crippen molar-refractivity contribution in [1.29, 1.82) is 0 Å². The van der Waals surface area contributed by atoms with E-state index in [-0.39, 0.29) is 0 Å². The van der Waals surface area contributed by atoms with Gasteiger partial charge in [-0.1, -0.05) is 32.0 Å². The second kappa shape index (κ2) is 6.25. The van der Waals surface area contributed by atoms with Gasteiger partial charge in [0.05, 0.1) is 0 Å². The van der Waals surface area contributed by atoms with Crippen molar-refractivity contribution >= 4 is 5.97 Å². The van der Waals surface area contributed by atoms with Crippen LogP contribution >= 0.6 is 0 Å². The number of para-hydroxylation sites is 1. The average molecular weight is 237 g/mol. The molecule has 4 heteroatoms. The van der Waals surface area contributed by atoms with Gasteiger partial charge in [0.15, 0.2) is 6.10 Å². The Hall–Kier alpha value is -1.55. The van der Waals surface area contributed by atoms with Gasteiger partial charge in [0.2, 0.25) is 0 Å². The van der Waals surface area contributed by atoms with Crippen molar-refractivity contribution in [3.63, 3.8) is 0 Å². The highest BCUT2D eigenvalue weighted by Crippen LogP contribution is 2.27. The van der Waals surface area contributed by atoms with Crippen molar-refractivity contribution in [3.8, 4) is 5.75 Å². The minimum Gasteiger partial charge on any atom is -0.479 e. The summed E-state index contributed by atoms with van der Waals surface area (Å²) in [5, 5.41) is 9.01. The van der Waals surface area contributed by atoms with Crippen LogP contribution in [0.3, 0.4) is 0 Å². The second-order valence-electron chi connectivity index (χ2n) is 4.21. The molecule has 4 nitrogen and oxygen atoms in total. The van der Waals surface area contributed by atoms with E-state index in [0.29, 0.717) is 24.6 Å². The highest BCUT2D eigenvalue weighted by molar-refractivity contribution is 5.72. The van der Waals surface area contributed by atoms with Crippen LogP contribution in [0, 0.1) is 0 Å². The zero-order valence-corrected chi connectivity index (χ0v) is 10.2.